The number of ether oxygens (including phenoxy) is 1. The van der Waals surface area contributed by atoms with Gasteiger partial charge in [0.05, 0.1) is 17.5 Å². The lowest BCUT2D eigenvalue weighted by Gasteiger charge is -2.15. The summed E-state index contributed by atoms with van der Waals surface area (Å²) in [6.07, 6.45) is 1.95. The highest BCUT2D eigenvalue weighted by Crippen LogP contribution is 2.17. The number of anilines is 1. The molecule has 0 aliphatic carbocycles. The van der Waals surface area contributed by atoms with Crippen molar-refractivity contribution in [2.75, 3.05) is 25.2 Å². The molecule has 168 valence electrons. The molecule has 0 radical (unpaired) electrons. The lowest BCUT2D eigenvalue weighted by molar-refractivity contribution is -0.118. The first-order valence-electron chi connectivity index (χ1n) is 9.93. The van der Waals surface area contributed by atoms with E-state index in [9.17, 15) is 18.0 Å². The Kier molecular flexibility index (Phi) is 8.58. The SMILES string of the molecule is CC[C@@H](C)NC(=O)c1ccccc1NC(=O)COc1ccc(CN(C)S(C)(=O)=O)cc1. The Morgan fingerprint density at radius 1 is 1.10 bits per heavy atom. The molecule has 0 bridgehead atoms. The molecular weight excluding hydrogens is 418 g/mol. The highest BCUT2D eigenvalue weighted by Gasteiger charge is 2.15. The van der Waals surface area contributed by atoms with Gasteiger partial charge in [-0.3, -0.25) is 9.59 Å². The fourth-order valence-corrected chi connectivity index (χ4v) is 2.98. The van der Waals surface area contributed by atoms with Crippen LogP contribution in [0.3, 0.4) is 0 Å². The molecule has 0 unspecified atom stereocenters. The highest BCUT2D eigenvalue weighted by molar-refractivity contribution is 7.88. The number of carbonyl (C=O) groups excluding carboxylic acids is 2. The van der Waals surface area contributed by atoms with E-state index in [4.69, 9.17) is 4.74 Å². The van der Waals surface area contributed by atoms with Crippen molar-refractivity contribution in [3.8, 4) is 5.75 Å². The molecule has 0 saturated carbocycles. The molecule has 9 heteroatoms. The smallest absolute Gasteiger partial charge is 0.262 e. The van der Waals surface area contributed by atoms with Crippen LogP contribution >= 0.6 is 0 Å². The molecule has 0 aliphatic rings. The number of nitrogens with zero attached hydrogens (tertiary/aromatic N) is 1. The molecule has 0 aromatic heterocycles. The van der Waals surface area contributed by atoms with Crippen LogP contribution < -0.4 is 15.4 Å². The van der Waals surface area contributed by atoms with E-state index in [1.807, 2.05) is 13.8 Å². The first kappa shape index (κ1) is 24.4. The number of hydrogen-bond donors (Lipinski definition) is 2. The molecule has 2 aromatic rings. The summed E-state index contributed by atoms with van der Waals surface area (Å²) in [4.78, 5) is 24.8. The van der Waals surface area contributed by atoms with Crippen molar-refractivity contribution in [1.82, 2.24) is 9.62 Å². The molecule has 0 heterocycles. The highest BCUT2D eigenvalue weighted by atomic mass is 32.2. The van der Waals surface area contributed by atoms with E-state index in [1.165, 1.54) is 11.4 Å². The van der Waals surface area contributed by atoms with Crippen LogP contribution in [0.15, 0.2) is 48.5 Å². The molecule has 2 aromatic carbocycles. The molecule has 2 rings (SSSR count). The van der Waals surface area contributed by atoms with Gasteiger partial charge in [-0.1, -0.05) is 31.2 Å². The number of rotatable bonds is 10. The van der Waals surface area contributed by atoms with Gasteiger partial charge >= 0.3 is 0 Å². The molecule has 8 nitrogen and oxygen atoms in total. The molecular formula is C22H29N3O5S. The van der Waals surface area contributed by atoms with Crippen LogP contribution in [0.1, 0.15) is 36.2 Å². The molecule has 0 saturated heterocycles. The molecule has 0 spiro atoms. The van der Waals surface area contributed by atoms with Gasteiger partial charge in [0.1, 0.15) is 5.75 Å². The average molecular weight is 448 g/mol. The van der Waals surface area contributed by atoms with Crippen molar-refractivity contribution in [2.45, 2.75) is 32.9 Å². The first-order valence-corrected chi connectivity index (χ1v) is 11.8. The van der Waals surface area contributed by atoms with Gasteiger partial charge in [-0.15, -0.1) is 0 Å². The van der Waals surface area contributed by atoms with Crippen LogP contribution in [0.25, 0.3) is 0 Å². The van der Waals surface area contributed by atoms with Crippen molar-refractivity contribution >= 4 is 27.5 Å². The van der Waals surface area contributed by atoms with Crippen molar-refractivity contribution in [3.05, 3.63) is 59.7 Å². The fraction of sp³-hybridized carbons (Fsp3) is 0.364. The van der Waals surface area contributed by atoms with E-state index >= 15 is 0 Å². The number of sulfonamides is 1. The van der Waals surface area contributed by atoms with Gasteiger partial charge in [0.25, 0.3) is 11.8 Å². The third kappa shape index (κ3) is 7.69. The second kappa shape index (κ2) is 10.9. The first-order chi connectivity index (χ1) is 14.6. The summed E-state index contributed by atoms with van der Waals surface area (Å²) in [6, 6.07) is 13.6. The van der Waals surface area contributed by atoms with Crippen LogP contribution in [0.4, 0.5) is 5.69 Å². The molecule has 0 aliphatic heterocycles. The van der Waals surface area contributed by atoms with E-state index in [1.54, 1.807) is 48.5 Å². The Bertz CT molecular complexity index is 1010. The van der Waals surface area contributed by atoms with Gasteiger partial charge in [0.15, 0.2) is 6.61 Å². The van der Waals surface area contributed by atoms with Gasteiger partial charge < -0.3 is 15.4 Å². The number of nitrogens with one attached hydrogen (secondary N) is 2. The third-order valence-corrected chi connectivity index (χ3v) is 5.96. The third-order valence-electron chi connectivity index (χ3n) is 4.70. The van der Waals surface area contributed by atoms with E-state index < -0.39 is 15.9 Å². The Morgan fingerprint density at radius 2 is 1.74 bits per heavy atom. The zero-order valence-corrected chi connectivity index (χ0v) is 19.0. The zero-order valence-electron chi connectivity index (χ0n) is 18.2. The Labute approximate surface area is 183 Å². The second-order valence-corrected chi connectivity index (χ2v) is 9.42. The second-order valence-electron chi connectivity index (χ2n) is 7.33. The molecule has 31 heavy (non-hydrogen) atoms. The standard InChI is InChI=1S/C22H29N3O5S/c1-5-16(2)23-22(27)19-8-6-7-9-20(19)24-21(26)15-30-18-12-10-17(11-13-18)14-25(3)31(4,28)29/h6-13,16H,5,14-15H2,1-4H3,(H,23,27)(H,24,26)/t16-/m1/s1. The summed E-state index contributed by atoms with van der Waals surface area (Å²) in [7, 11) is -1.75. The number of hydrogen-bond acceptors (Lipinski definition) is 5. The van der Waals surface area contributed by atoms with Gasteiger partial charge in [-0.05, 0) is 43.2 Å². The Hall–Kier alpha value is -2.91. The maximum atomic E-state index is 12.4. The molecule has 1 atom stereocenters. The van der Waals surface area contributed by atoms with Gasteiger partial charge in [-0.25, -0.2) is 12.7 Å². The molecule has 2 amide bonds. The van der Waals surface area contributed by atoms with Gasteiger partial charge in [-0.2, -0.15) is 0 Å². The quantitative estimate of drug-likeness (QED) is 0.583. The van der Waals surface area contributed by atoms with Crippen molar-refractivity contribution in [1.29, 1.82) is 0 Å². The van der Waals surface area contributed by atoms with Crippen LogP contribution in [-0.2, 0) is 21.4 Å². The van der Waals surface area contributed by atoms with Gasteiger partial charge in [0, 0.05) is 19.6 Å². The predicted octanol–water partition coefficient (Wildman–Crippen LogP) is 2.62. The summed E-state index contributed by atoms with van der Waals surface area (Å²) in [6.45, 7) is 3.91. The Balaban J connectivity index is 1.93. The lowest BCUT2D eigenvalue weighted by Crippen LogP contribution is -2.33. The fourth-order valence-electron chi connectivity index (χ4n) is 2.59. The zero-order chi connectivity index (χ0) is 23.0. The van der Waals surface area contributed by atoms with E-state index in [0.717, 1.165) is 18.2 Å². The van der Waals surface area contributed by atoms with Crippen molar-refractivity contribution in [3.63, 3.8) is 0 Å². The number of benzene rings is 2. The average Bonchev–Trinajstić information content (AvgIpc) is 2.72. The van der Waals surface area contributed by atoms with E-state index in [0.29, 0.717) is 17.0 Å². The van der Waals surface area contributed by atoms with Crippen molar-refractivity contribution in [2.24, 2.45) is 0 Å². The Morgan fingerprint density at radius 3 is 2.35 bits per heavy atom. The van der Waals surface area contributed by atoms with E-state index in [-0.39, 0.29) is 25.1 Å². The molecule has 0 fully saturated rings. The summed E-state index contributed by atoms with van der Waals surface area (Å²) in [5, 5.41) is 5.59. The van der Waals surface area contributed by atoms with Gasteiger partial charge in [0.2, 0.25) is 10.0 Å². The summed E-state index contributed by atoms with van der Waals surface area (Å²) in [5.74, 6) is -0.172. The van der Waals surface area contributed by atoms with Crippen LogP contribution in [-0.4, -0.2) is 50.5 Å². The minimum absolute atomic E-state index is 0.0276. The van der Waals surface area contributed by atoms with Crippen LogP contribution in [0.5, 0.6) is 5.75 Å². The van der Waals surface area contributed by atoms with Crippen molar-refractivity contribution < 1.29 is 22.7 Å². The predicted molar refractivity (Wildman–Crippen MR) is 121 cm³/mol. The largest absolute Gasteiger partial charge is 0.484 e. The maximum Gasteiger partial charge on any atom is 0.262 e. The topological polar surface area (TPSA) is 105 Å². The van der Waals surface area contributed by atoms with E-state index in [2.05, 4.69) is 10.6 Å². The minimum atomic E-state index is -3.26. The maximum absolute atomic E-state index is 12.4. The lowest BCUT2D eigenvalue weighted by atomic mass is 10.1. The normalized spacial score (nSPS) is 12.3. The number of amides is 2. The number of carbonyl (C=O) groups is 2. The van der Waals surface area contributed by atoms with Crippen LogP contribution in [0, 0.1) is 0 Å². The van der Waals surface area contributed by atoms with Crippen LogP contribution in [0.2, 0.25) is 0 Å². The summed E-state index contributed by atoms with van der Waals surface area (Å²) in [5.41, 5.74) is 1.59. The number of para-hydroxylation sites is 1. The molecule has 2 N–H and O–H groups in total. The minimum Gasteiger partial charge on any atom is -0.484 e. The summed E-state index contributed by atoms with van der Waals surface area (Å²) >= 11 is 0. The summed E-state index contributed by atoms with van der Waals surface area (Å²) < 4.78 is 29.7. The monoisotopic (exact) mass is 447 g/mol.